The second kappa shape index (κ2) is 10.1. The van der Waals surface area contributed by atoms with E-state index < -0.39 is 0 Å². The van der Waals surface area contributed by atoms with Crippen molar-refractivity contribution in [3.63, 3.8) is 0 Å². The monoisotopic (exact) mass is 513 g/mol. The standard InChI is InChI=1S/C24H31N7O2S2/c1-12-10-25-20(13(2)27-12)30-31-24(34)28-16-7-8-18-17(9-16)19(22(33)26-11-14-3-4-14)23(35-18)29-21(32)15-5-6-15/h10,14-16H,3-9,11H2,1-2H3,(H,25,30)(H,26,33)(H,29,32)(H2,28,31,34)/t16-/m0/s1. The molecule has 0 saturated heterocycles. The minimum absolute atomic E-state index is 0.0282. The Labute approximate surface area is 214 Å². The van der Waals surface area contributed by atoms with E-state index in [1.165, 1.54) is 17.7 Å². The van der Waals surface area contributed by atoms with Crippen molar-refractivity contribution < 1.29 is 9.59 Å². The fourth-order valence-corrected chi connectivity index (χ4v) is 5.76. The van der Waals surface area contributed by atoms with Gasteiger partial charge in [0.2, 0.25) is 5.91 Å². The van der Waals surface area contributed by atoms with Crippen LogP contribution in [-0.4, -0.2) is 39.5 Å². The molecule has 0 bridgehead atoms. The molecule has 2 aromatic rings. The van der Waals surface area contributed by atoms with Crippen molar-refractivity contribution in [2.24, 2.45) is 11.8 Å². The summed E-state index contributed by atoms with van der Waals surface area (Å²) in [6.07, 6.45) is 8.29. The first kappa shape index (κ1) is 23.9. The van der Waals surface area contributed by atoms with Crippen LogP contribution in [0.1, 0.15) is 64.3 Å². The molecule has 1 atom stereocenters. The SMILES string of the molecule is Cc1cnc(NNC(=S)N[C@H]2CCc3sc(NC(=O)C4CC4)c(C(=O)NCC4CC4)c3C2)c(C)n1. The molecule has 0 radical (unpaired) electrons. The molecule has 5 rings (SSSR count). The van der Waals surface area contributed by atoms with Crippen molar-refractivity contribution in [2.75, 3.05) is 17.3 Å². The Kier molecular flexibility index (Phi) is 6.88. The highest BCUT2D eigenvalue weighted by atomic mass is 32.1. The van der Waals surface area contributed by atoms with Gasteiger partial charge in [-0.25, -0.2) is 4.98 Å². The van der Waals surface area contributed by atoms with Crippen molar-refractivity contribution in [3.05, 3.63) is 33.6 Å². The van der Waals surface area contributed by atoms with E-state index in [1.54, 1.807) is 17.5 Å². The summed E-state index contributed by atoms with van der Waals surface area (Å²) < 4.78 is 0. The number of carbonyl (C=O) groups excluding carboxylic acids is 2. The van der Waals surface area contributed by atoms with E-state index in [1.807, 2.05) is 13.8 Å². The molecule has 2 aromatic heterocycles. The number of nitrogens with zero attached hydrogens (tertiary/aromatic N) is 2. The Morgan fingerprint density at radius 2 is 1.97 bits per heavy atom. The number of hydrogen-bond acceptors (Lipinski definition) is 7. The van der Waals surface area contributed by atoms with Crippen LogP contribution in [0, 0.1) is 25.7 Å². The molecule has 3 aliphatic rings. The largest absolute Gasteiger partial charge is 0.358 e. The molecule has 3 aliphatic carbocycles. The van der Waals surface area contributed by atoms with Crippen LogP contribution in [0.15, 0.2) is 6.20 Å². The van der Waals surface area contributed by atoms with Crippen molar-refractivity contribution in [2.45, 2.75) is 64.8 Å². The predicted octanol–water partition coefficient (Wildman–Crippen LogP) is 2.99. The summed E-state index contributed by atoms with van der Waals surface area (Å²) in [5.41, 5.74) is 9.30. The van der Waals surface area contributed by atoms with Crippen LogP contribution in [0.5, 0.6) is 0 Å². The zero-order valence-electron chi connectivity index (χ0n) is 20.0. The minimum atomic E-state index is -0.0862. The van der Waals surface area contributed by atoms with Gasteiger partial charge in [0.15, 0.2) is 10.9 Å². The number of fused-ring (bicyclic) bond motifs is 1. The van der Waals surface area contributed by atoms with Gasteiger partial charge in [-0.05, 0) is 82.5 Å². The topological polar surface area (TPSA) is 120 Å². The normalized spacial score (nSPS) is 18.9. The van der Waals surface area contributed by atoms with E-state index in [2.05, 4.69) is 36.8 Å². The van der Waals surface area contributed by atoms with Crippen molar-refractivity contribution >= 4 is 51.3 Å². The summed E-state index contributed by atoms with van der Waals surface area (Å²) in [6.45, 7) is 4.48. The summed E-state index contributed by atoms with van der Waals surface area (Å²) >= 11 is 7.04. The molecule has 11 heteroatoms. The third-order valence-electron chi connectivity index (χ3n) is 6.62. The number of aryl methyl sites for hydroxylation is 3. The number of rotatable bonds is 8. The minimum Gasteiger partial charge on any atom is -0.358 e. The second-order valence-corrected chi connectivity index (χ2v) is 11.2. The van der Waals surface area contributed by atoms with Gasteiger partial charge in [0.25, 0.3) is 5.91 Å². The van der Waals surface area contributed by atoms with E-state index in [0.29, 0.717) is 40.4 Å². The lowest BCUT2D eigenvalue weighted by Crippen LogP contribution is -2.46. The van der Waals surface area contributed by atoms with Gasteiger partial charge in [-0.15, -0.1) is 11.3 Å². The smallest absolute Gasteiger partial charge is 0.254 e. The van der Waals surface area contributed by atoms with Crippen molar-refractivity contribution in [3.8, 4) is 0 Å². The Bertz CT molecular complexity index is 1160. The number of amides is 2. The fraction of sp³-hybridized carbons (Fsp3) is 0.542. The maximum absolute atomic E-state index is 13.2. The molecular formula is C24H31N7O2S2. The summed E-state index contributed by atoms with van der Waals surface area (Å²) in [5, 5.41) is 10.7. The van der Waals surface area contributed by atoms with Crippen LogP contribution in [-0.2, 0) is 17.6 Å². The molecule has 2 amide bonds. The van der Waals surface area contributed by atoms with Gasteiger partial charge in [0, 0.05) is 23.4 Å². The molecule has 5 N–H and O–H groups in total. The molecule has 0 aromatic carbocycles. The summed E-state index contributed by atoms with van der Waals surface area (Å²) in [4.78, 5) is 35.6. The zero-order chi connectivity index (χ0) is 24.5. The second-order valence-electron chi connectivity index (χ2n) is 9.73. The maximum atomic E-state index is 13.2. The number of hydrogen-bond donors (Lipinski definition) is 5. The summed E-state index contributed by atoms with van der Waals surface area (Å²) in [7, 11) is 0. The van der Waals surface area contributed by atoms with Gasteiger partial charge in [0.05, 0.1) is 23.1 Å². The molecule has 9 nitrogen and oxygen atoms in total. The van der Waals surface area contributed by atoms with Gasteiger partial charge in [-0.3, -0.25) is 25.4 Å². The molecule has 2 fully saturated rings. The molecule has 0 spiro atoms. The maximum Gasteiger partial charge on any atom is 0.254 e. The van der Waals surface area contributed by atoms with E-state index >= 15 is 0 Å². The first-order chi connectivity index (χ1) is 16.9. The molecule has 0 unspecified atom stereocenters. The lowest BCUT2D eigenvalue weighted by Gasteiger charge is -2.25. The zero-order valence-corrected chi connectivity index (χ0v) is 21.6. The van der Waals surface area contributed by atoms with Crippen LogP contribution in [0.25, 0.3) is 0 Å². The Morgan fingerprint density at radius 1 is 1.17 bits per heavy atom. The van der Waals surface area contributed by atoms with Gasteiger partial charge < -0.3 is 16.0 Å². The lowest BCUT2D eigenvalue weighted by molar-refractivity contribution is -0.117. The third-order valence-corrected chi connectivity index (χ3v) is 8.05. The molecule has 2 heterocycles. The van der Waals surface area contributed by atoms with Crippen molar-refractivity contribution in [1.29, 1.82) is 0 Å². The van der Waals surface area contributed by atoms with Gasteiger partial charge in [-0.1, -0.05) is 0 Å². The van der Waals surface area contributed by atoms with Crippen LogP contribution in [0.2, 0.25) is 0 Å². The molecular weight excluding hydrogens is 482 g/mol. The number of anilines is 2. The highest BCUT2D eigenvalue weighted by Crippen LogP contribution is 2.40. The number of nitrogens with one attached hydrogen (secondary N) is 5. The predicted molar refractivity (Wildman–Crippen MR) is 141 cm³/mol. The molecule has 186 valence electrons. The average Bonchev–Trinajstić information content (AvgIpc) is 3.73. The van der Waals surface area contributed by atoms with E-state index in [0.717, 1.165) is 42.6 Å². The first-order valence-corrected chi connectivity index (χ1v) is 13.5. The Balaban J connectivity index is 1.25. The van der Waals surface area contributed by atoms with Crippen LogP contribution in [0.3, 0.4) is 0 Å². The number of carbonyl (C=O) groups is 2. The van der Waals surface area contributed by atoms with Crippen LogP contribution >= 0.6 is 23.6 Å². The van der Waals surface area contributed by atoms with E-state index in [9.17, 15) is 9.59 Å². The molecule has 0 aliphatic heterocycles. The third kappa shape index (κ3) is 5.90. The Morgan fingerprint density at radius 3 is 2.69 bits per heavy atom. The summed E-state index contributed by atoms with van der Waals surface area (Å²) in [5.74, 6) is 1.24. The molecule has 2 saturated carbocycles. The lowest BCUT2D eigenvalue weighted by atomic mass is 9.91. The average molecular weight is 514 g/mol. The fourth-order valence-electron chi connectivity index (χ4n) is 4.30. The Hall–Kier alpha value is -2.79. The highest BCUT2D eigenvalue weighted by Gasteiger charge is 2.34. The molecule has 35 heavy (non-hydrogen) atoms. The number of thiophene rings is 1. The van der Waals surface area contributed by atoms with Crippen molar-refractivity contribution in [1.82, 2.24) is 26.0 Å². The van der Waals surface area contributed by atoms with E-state index in [-0.39, 0.29) is 23.8 Å². The number of thiocarbonyl (C=S) groups is 1. The van der Waals surface area contributed by atoms with Gasteiger partial charge >= 0.3 is 0 Å². The summed E-state index contributed by atoms with van der Waals surface area (Å²) in [6, 6.07) is 0.0751. The van der Waals surface area contributed by atoms with E-state index in [4.69, 9.17) is 12.2 Å². The van der Waals surface area contributed by atoms with Gasteiger partial charge in [-0.2, -0.15) is 0 Å². The first-order valence-electron chi connectivity index (χ1n) is 12.2. The highest BCUT2D eigenvalue weighted by molar-refractivity contribution is 7.80. The van der Waals surface area contributed by atoms with Crippen LogP contribution in [0.4, 0.5) is 10.8 Å². The van der Waals surface area contributed by atoms with Gasteiger partial charge in [0.1, 0.15) is 5.00 Å². The number of aromatic nitrogens is 2. The van der Waals surface area contributed by atoms with Crippen LogP contribution < -0.4 is 26.8 Å². The number of hydrazine groups is 1. The quantitative estimate of drug-likeness (QED) is 0.270.